The third-order valence-electron chi connectivity index (χ3n) is 3.26. The molecule has 0 heterocycles. The van der Waals surface area contributed by atoms with E-state index >= 15 is 0 Å². The van der Waals surface area contributed by atoms with Crippen molar-refractivity contribution in [2.75, 3.05) is 26.7 Å². The minimum Gasteiger partial charge on any atom is -0.496 e. The van der Waals surface area contributed by atoms with Gasteiger partial charge in [0, 0.05) is 31.2 Å². The fourth-order valence-corrected chi connectivity index (χ4v) is 2.13. The zero-order chi connectivity index (χ0) is 14.3. The summed E-state index contributed by atoms with van der Waals surface area (Å²) in [4.78, 5) is 2.44. The molecule has 0 saturated carbocycles. The molecule has 1 aromatic carbocycles. The van der Waals surface area contributed by atoms with Crippen molar-refractivity contribution in [3.8, 4) is 5.75 Å². The molecule has 1 aromatic rings. The maximum Gasteiger partial charge on any atom is 0.123 e. The first-order valence-electron chi connectivity index (χ1n) is 7.16. The zero-order valence-electron chi connectivity index (χ0n) is 13.0. The van der Waals surface area contributed by atoms with Crippen LogP contribution in [0.4, 0.5) is 0 Å². The molecule has 0 unspecified atom stereocenters. The van der Waals surface area contributed by atoms with Gasteiger partial charge in [-0.3, -0.25) is 4.90 Å². The summed E-state index contributed by atoms with van der Waals surface area (Å²) < 4.78 is 5.45. The predicted octanol–water partition coefficient (Wildman–Crippen LogP) is 2.82. The molecule has 0 fully saturated rings. The van der Waals surface area contributed by atoms with E-state index in [-0.39, 0.29) is 0 Å². The van der Waals surface area contributed by atoms with Crippen molar-refractivity contribution in [3.05, 3.63) is 29.3 Å². The largest absolute Gasteiger partial charge is 0.496 e. The molecule has 0 aliphatic carbocycles. The number of nitrogens with one attached hydrogen (secondary N) is 1. The second-order valence-corrected chi connectivity index (χ2v) is 5.29. The molecule has 0 radical (unpaired) electrons. The van der Waals surface area contributed by atoms with Crippen LogP contribution >= 0.6 is 0 Å². The van der Waals surface area contributed by atoms with E-state index in [4.69, 9.17) is 4.74 Å². The third-order valence-corrected chi connectivity index (χ3v) is 3.26. The van der Waals surface area contributed by atoms with Gasteiger partial charge < -0.3 is 10.1 Å². The molecule has 108 valence electrons. The summed E-state index contributed by atoms with van der Waals surface area (Å²) in [5, 5.41) is 3.46. The lowest BCUT2D eigenvalue weighted by Gasteiger charge is -2.22. The van der Waals surface area contributed by atoms with Crippen LogP contribution < -0.4 is 10.1 Å². The Morgan fingerprint density at radius 2 is 2.05 bits per heavy atom. The highest BCUT2D eigenvalue weighted by Crippen LogP contribution is 2.21. The number of nitrogens with zero attached hydrogens (tertiary/aromatic N) is 1. The van der Waals surface area contributed by atoms with Crippen molar-refractivity contribution >= 4 is 0 Å². The third kappa shape index (κ3) is 5.62. The molecule has 0 aliphatic heterocycles. The lowest BCUT2D eigenvalue weighted by atomic mass is 10.1. The van der Waals surface area contributed by atoms with Gasteiger partial charge in [0.05, 0.1) is 7.11 Å². The van der Waals surface area contributed by atoms with Crippen molar-refractivity contribution in [1.29, 1.82) is 0 Å². The highest BCUT2D eigenvalue weighted by Gasteiger charge is 2.08. The van der Waals surface area contributed by atoms with Gasteiger partial charge in [-0.2, -0.15) is 0 Å². The summed E-state index contributed by atoms with van der Waals surface area (Å²) >= 11 is 0. The van der Waals surface area contributed by atoms with Gasteiger partial charge in [-0.15, -0.1) is 0 Å². The van der Waals surface area contributed by atoms with E-state index in [0.29, 0.717) is 6.04 Å². The van der Waals surface area contributed by atoms with Crippen molar-refractivity contribution in [2.24, 2.45) is 0 Å². The first-order valence-corrected chi connectivity index (χ1v) is 7.16. The number of likely N-dealkylation sites (N-methyl/N-ethyl adjacent to an activating group) is 1. The molecule has 0 aliphatic rings. The number of methoxy groups -OCH3 is 1. The summed E-state index contributed by atoms with van der Waals surface area (Å²) in [5.41, 5.74) is 2.56. The van der Waals surface area contributed by atoms with Crippen LogP contribution in [0, 0.1) is 6.92 Å². The Bertz CT molecular complexity index is 377. The minimum atomic E-state index is 0.548. The van der Waals surface area contributed by atoms with Crippen molar-refractivity contribution in [2.45, 2.75) is 40.3 Å². The van der Waals surface area contributed by atoms with Crippen LogP contribution in [0.3, 0.4) is 0 Å². The first kappa shape index (κ1) is 16.0. The summed E-state index contributed by atoms with van der Waals surface area (Å²) in [6.07, 6.45) is 0. The van der Waals surface area contributed by atoms with Crippen LogP contribution in [-0.4, -0.2) is 37.7 Å². The molecule has 1 rings (SSSR count). The molecule has 0 aromatic heterocycles. The molecule has 1 N–H and O–H groups in total. The summed E-state index contributed by atoms with van der Waals surface area (Å²) in [6, 6.07) is 6.92. The second-order valence-electron chi connectivity index (χ2n) is 5.29. The standard InChI is InChI=1S/C16H28N2O/c1-6-18(10-9-17-13(2)3)12-15-11-14(4)7-8-16(15)19-5/h7-8,11,13,17H,6,9-10,12H2,1-5H3. The van der Waals surface area contributed by atoms with Crippen LogP contribution in [0.25, 0.3) is 0 Å². The van der Waals surface area contributed by atoms with Crippen molar-refractivity contribution in [1.82, 2.24) is 10.2 Å². The summed E-state index contributed by atoms with van der Waals surface area (Å²) in [5.74, 6) is 0.987. The fourth-order valence-electron chi connectivity index (χ4n) is 2.13. The minimum absolute atomic E-state index is 0.548. The Balaban J connectivity index is 2.61. The Labute approximate surface area is 118 Å². The Morgan fingerprint density at radius 3 is 2.63 bits per heavy atom. The zero-order valence-corrected chi connectivity index (χ0v) is 13.0. The molecule has 0 spiro atoms. The van der Waals surface area contributed by atoms with E-state index in [0.717, 1.165) is 31.9 Å². The summed E-state index contributed by atoms with van der Waals surface area (Å²) in [6.45, 7) is 12.8. The van der Waals surface area contributed by atoms with Gasteiger partial charge in [0.15, 0.2) is 0 Å². The number of rotatable bonds is 8. The monoisotopic (exact) mass is 264 g/mol. The van der Waals surface area contributed by atoms with E-state index in [1.54, 1.807) is 7.11 Å². The van der Waals surface area contributed by atoms with Crippen LogP contribution in [0.1, 0.15) is 31.9 Å². The number of hydrogen-bond acceptors (Lipinski definition) is 3. The molecule has 0 bridgehead atoms. The number of aryl methyl sites for hydroxylation is 1. The average molecular weight is 264 g/mol. The maximum absolute atomic E-state index is 5.45. The normalized spacial score (nSPS) is 11.3. The number of hydrogen-bond donors (Lipinski definition) is 1. The molecule has 0 amide bonds. The van der Waals surface area contributed by atoms with E-state index < -0.39 is 0 Å². The highest BCUT2D eigenvalue weighted by atomic mass is 16.5. The maximum atomic E-state index is 5.45. The Morgan fingerprint density at radius 1 is 1.32 bits per heavy atom. The first-order chi connectivity index (χ1) is 9.06. The van der Waals surface area contributed by atoms with E-state index in [9.17, 15) is 0 Å². The van der Waals surface area contributed by atoms with Gasteiger partial charge in [0.2, 0.25) is 0 Å². The number of ether oxygens (including phenoxy) is 1. The van der Waals surface area contributed by atoms with Crippen LogP contribution in [-0.2, 0) is 6.54 Å². The van der Waals surface area contributed by atoms with Gasteiger partial charge in [0.25, 0.3) is 0 Å². The molecule has 0 saturated heterocycles. The molecular formula is C16H28N2O. The van der Waals surface area contributed by atoms with Crippen LogP contribution in [0.15, 0.2) is 18.2 Å². The van der Waals surface area contributed by atoms with Gasteiger partial charge in [-0.05, 0) is 19.5 Å². The second kappa shape index (κ2) is 8.18. The summed E-state index contributed by atoms with van der Waals surface area (Å²) in [7, 11) is 1.74. The van der Waals surface area contributed by atoms with Crippen molar-refractivity contribution in [3.63, 3.8) is 0 Å². The molecule has 3 heteroatoms. The molecular weight excluding hydrogens is 236 g/mol. The number of benzene rings is 1. The average Bonchev–Trinajstić information content (AvgIpc) is 2.37. The SMILES string of the molecule is CCN(CCNC(C)C)Cc1cc(C)ccc1OC. The van der Waals surface area contributed by atoms with Crippen LogP contribution in [0.2, 0.25) is 0 Å². The lowest BCUT2D eigenvalue weighted by Crippen LogP contribution is -2.34. The Hall–Kier alpha value is -1.06. The molecule has 19 heavy (non-hydrogen) atoms. The van der Waals surface area contributed by atoms with Crippen molar-refractivity contribution < 1.29 is 4.74 Å². The predicted molar refractivity (Wildman–Crippen MR) is 81.8 cm³/mol. The van der Waals surface area contributed by atoms with Crippen LogP contribution in [0.5, 0.6) is 5.75 Å². The van der Waals surface area contributed by atoms with E-state index in [2.05, 4.69) is 56.1 Å². The highest BCUT2D eigenvalue weighted by molar-refractivity contribution is 5.36. The molecule has 3 nitrogen and oxygen atoms in total. The van der Waals surface area contributed by atoms with Gasteiger partial charge in [-0.25, -0.2) is 0 Å². The van der Waals surface area contributed by atoms with Gasteiger partial charge in [0.1, 0.15) is 5.75 Å². The fraction of sp³-hybridized carbons (Fsp3) is 0.625. The van der Waals surface area contributed by atoms with Gasteiger partial charge in [-0.1, -0.05) is 38.5 Å². The Kier molecular flexibility index (Phi) is 6.89. The quantitative estimate of drug-likeness (QED) is 0.781. The smallest absolute Gasteiger partial charge is 0.123 e. The van der Waals surface area contributed by atoms with E-state index in [1.165, 1.54) is 11.1 Å². The molecule has 0 atom stereocenters. The van der Waals surface area contributed by atoms with Gasteiger partial charge >= 0.3 is 0 Å². The topological polar surface area (TPSA) is 24.5 Å². The lowest BCUT2D eigenvalue weighted by molar-refractivity contribution is 0.271. The van der Waals surface area contributed by atoms with E-state index in [1.807, 2.05) is 0 Å².